The summed E-state index contributed by atoms with van der Waals surface area (Å²) in [5.41, 5.74) is 3.57. The first-order valence-corrected chi connectivity index (χ1v) is 10.4. The number of hydrogen-bond donors (Lipinski definition) is 0. The number of aromatic nitrogens is 2. The molecule has 6 heteroatoms. The first-order chi connectivity index (χ1) is 15.6. The lowest BCUT2D eigenvalue weighted by molar-refractivity contribution is 0.0527. The van der Waals surface area contributed by atoms with Crippen molar-refractivity contribution in [2.75, 3.05) is 6.61 Å². The molecule has 0 unspecified atom stereocenters. The number of carbonyl (C=O) groups excluding carboxylic acids is 1. The standard InChI is InChI=1S/C26H23FN2O3/c1-2-31-26(30)24-17-29(28-25(24)21-10-12-22(27)13-11-21)16-19-8-14-23(15-9-19)32-18-20-6-4-3-5-7-20/h3-15,17H,2,16,18H2,1H3. The van der Waals surface area contributed by atoms with E-state index in [1.807, 2.05) is 54.6 Å². The summed E-state index contributed by atoms with van der Waals surface area (Å²) in [5.74, 6) is -0.0274. The zero-order chi connectivity index (χ0) is 22.3. The average molecular weight is 430 g/mol. The number of rotatable bonds is 8. The zero-order valence-electron chi connectivity index (χ0n) is 17.7. The van der Waals surface area contributed by atoms with E-state index >= 15 is 0 Å². The predicted molar refractivity (Wildman–Crippen MR) is 120 cm³/mol. The van der Waals surface area contributed by atoms with Crippen molar-refractivity contribution in [3.8, 4) is 17.0 Å². The van der Waals surface area contributed by atoms with Crippen LogP contribution >= 0.6 is 0 Å². The maximum Gasteiger partial charge on any atom is 0.341 e. The van der Waals surface area contributed by atoms with Crippen LogP contribution in [0.3, 0.4) is 0 Å². The highest BCUT2D eigenvalue weighted by Crippen LogP contribution is 2.24. The van der Waals surface area contributed by atoms with Crippen LogP contribution in [0.1, 0.15) is 28.4 Å². The van der Waals surface area contributed by atoms with Gasteiger partial charge in [0.15, 0.2) is 0 Å². The monoisotopic (exact) mass is 430 g/mol. The van der Waals surface area contributed by atoms with Gasteiger partial charge in [0.2, 0.25) is 0 Å². The summed E-state index contributed by atoms with van der Waals surface area (Å²) in [6.45, 7) is 2.98. The van der Waals surface area contributed by atoms with E-state index in [0.29, 0.717) is 30.0 Å². The molecular weight excluding hydrogens is 407 g/mol. The van der Waals surface area contributed by atoms with Gasteiger partial charge in [-0.3, -0.25) is 4.68 Å². The molecule has 1 heterocycles. The van der Waals surface area contributed by atoms with Gasteiger partial charge in [-0.05, 0) is 54.4 Å². The summed E-state index contributed by atoms with van der Waals surface area (Å²) in [6.07, 6.45) is 1.66. The quantitative estimate of drug-likeness (QED) is 0.347. The van der Waals surface area contributed by atoms with Crippen molar-refractivity contribution in [3.63, 3.8) is 0 Å². The predicted octanol–water partition coefficient (Wildman–Crippen LogP) is 5.49. The van der Waals surface area contributed by atoms with Gasteiger partial charge in [-0.2, -0.15) is 5.10 Å². The maximum absolute atomic E-state index is 13.3. The van der Waals surface area contributed by atoms with E-state index < -0.39 is 5.97 Å². The molecule has 0 saturated heterocycles. The second-order valence-corrected chi connectivity index (χ2v) is 7.23. The lowest BCUT2D eigenvalue weighted by Crippen LogP contribution is -2.05. The first-order valence-electron chi connectivity index (χ1n) is 10.4. The van der Waals surface area contributed by atoms with E-state index in [0.717, 1.165) is 16.9 Å². The lowest BCUT2D eigenvalue weighted by Gasteiger charge is -2.07. The van der Waals surface area contributed by atoms with Crippen molar-refractivity contribution in [1.29, 1.82) is 0 Å². The van der Waals surface area contributed by atoms with Gasteiger partial charge >= 0.3 is 5.97 Å². The molecule has 4 aromatic rings. The number of hydrogen-bond acceptors (Lipinski definition) is 4. The molecule has 0 bridgehead atoms. The van der Waals surface area contributed by atoms with Crippen LogP contribution in [0.5, 0.6) is 5.75 Å². The van der Waals surface area contributed by atoms with Gasteiger partial charge in [-0.25, -0.2) is 9.18 Å². The van der Waals surface area contributed by atoms with Gasteiger partial charge in [0.05, 0.1) is 13.2 Å². The third kappa shape index (κ3) is 5.21. The molecule has 0 N–H and O–H groups in total. The van der Waals surface area contributed by atoms with Gasteiger partial charge in [-0.15, -0.1) is 0 Å². The van der Waals surface area contributed by atoms with Crippen LogP contribution in [0.15, 0.2) is 85.1 Å². The summed E-state index contributed by atoms with van der Waals surface area (Å²) in [5, 5.41) is 4.57. The number of esters is 1. The zero-order valence-corrected chi connectivity index (χ0v) is 17.7. The Morgan fingerprint density at radius 3 is 2.34 bits per heavy atom. The van der Waals surface area contributed by atoms with Gasteiger partial charge in [-0.1, -0.05) is 42.5 Å². The van der Waals surface area contributed by atoms with Gasteiger partial charge in [0, 0.05) is 11.8 Å². The van der Waals surface area contributed by atoms with Crippen molar-refractivity contribution in [3.05, 3.63) is 108 Å². The molecule has 0 fully saturated rings. The van der Waals surface area contributed by atoms with Crippen LogP contribution in [0.4, 0.5) is 4.39 Å². The summed E-state index contributed by atoms with van der Waals surface area (Å²) in [4.78, 5) is 12.4. The van der Waals surface area contributed by atoms with Crippen LogP contribution in [0.25, 0.3) is 11.3 Å². The van der Waals surface area contributed by atoms with Gasteiger partial charge in [0.1, 0.15) is 29.4 Å². The Labute approximate surface area is 186 Å². The molecule has 0 atom stereocenters. The van der Waals surface area contributed by atoms with E-state index in [1.165, 1.54) is 12.1 Å². The summed E-state index contributed by atoms with van der Waals surface area (Å²) in [6, 6.07) is 23.6. The summed E-state index contributed by atoms with van der Waals surface area (Å²) in [7, 11) is 0. The van der Waals surface area contributed by atoms with Gasteiger partial charge < -0.3 is 9.47 Å². The molecule has 0 radical (unpaired) electrons. The lowest BCUT2D eigenvalue weighted by atomic mass is 10.1. The molecule has 0 saturated carbocycles. The number of halogens is 1. The van der Waals surface area contributed by atoms with E-state index in [9.17, 15) is 9.18 Å². The average Bonchev–Trinajstić information content (AvgIpc) is 3.24. The number of nitrogens with zero attached hydrogens (tertiary/aromatic N) is 2. The fourth-order valence-electron chi connectivity index (χ4n) is 3.30. The molecule has 0 aliphatic carbocycles. The Hall–Kier alpha value is -3.93. The largest absolute Gasteiger partial charge is 0.489 e. The fourth-order valence-corrected chi connectivity index (χ4v) is 3.30. The maximum atomic E-state index is 13.3. The number of ether oxygens (including phenoxy) is 2. The smallest absolute Gasteiger partial charge is 0.341 e. The second-order valence-electron chi connectivity index (χ2n) is 7.23. The minimum absolute atomic E-state index is 0.261. The molecule has 3 aromatic carbocycles. The Morgan fingerprint density at radius 1 is 0.938 bits per heavy atom. The summed E-state index contributed by atoms with van der Waals surface area (Å²) >= 11 is 0. The Kier molecular flexibility index (Phi) is 6.60. The third-order valence-electron chi connectivity index (χ3n) is 4.89. The van der Waals surface area contributed by atoms with Crippen LogP contribution in [-0.4, -0.2) is 22.4 Å². The van der Waals surface area contributed by atoms with Crippen molar-refractivity contribution in [2.24, 2.45) is 0 Å². The van der Waals surface area contributed by atoms with E-state index in [1.54, 1.807) is 29.9 Å². The number of carbonyl (C=O) groups is 1. The van der Waals surface area contributed by atoms with Crippen LogP contribution in [-0.2, 0) is 17.9 Å². The first kappa shape index (κ1) is 21.3. The Morgan fingerprint density at radius 2 is 1.66 bits per heavy atom. The minimum Gasteiger partial charge on any atom is -0.489 e. The normalized spacial score (nSPS) is 10.7. The highest BCUT2D eigenvalue weighted by molar-refractivity contribution is 5.96. The highest BCUT2D eigenvalue weighted by Gasteiger charge is 2.19. The Balaban J connectivity index is 1.50. The van der Waals surface area contributed by atoms with Crippen molar-refractivity contribution in [2.45, 2.75) is 20.1 Å². The van der Waals surface area contributed by atoms with Crippen molar-refractivity contribution < 1.29 is 18.7 Å². The van der Waals surface area contributed by atoms with Crippen LogP contribution in [0.2, 0.25) is 0 Å². The molecule has 0 aliphatic heterocycles. The Bertz CT molecular complexity index is 1170. The molecule has 4 rings (SSSR count). The number of benzene rings is 3. The second kappa shape index (κ2) is 9.92. The highest BCUT2D eigenvalue weighted by atomic mass is 19.1. The van der Waals surface area contributed by atoms with Gasteiger partial charge in [0.25, 0.3) is 0 Å². The molecule has 1 aromatic heterocycles. The topological polar surface area (TPSA) is 53.4 Å². The molecule has 32 heavy (non-hydrogen) atoms. The van der Waals surface area contributed by atoms with Crippen molar-refractivity contribution >= 4 is 5.97 Å². The molecule has 162 valence electrons. The minimum atomic E-state index is -0.456. The molecule has 0 aliphatic rings. The molecular formula is C26H23FN2O3. The molecule has 5 nitrogen and oxygen atoms in total. The van der Waals surface area contributed by atoms with E-state index in [2.05, 4.69) is 5.10 Å². The van der Waals surface area contributed by atoms with Crippen molar-refractivity contribution in [1.82, 2.24) is 9.78 Å². The summed E-state index contributed by atoms with van der Waals surface area (Å²) < 4.78 is 26.0. The molecule has 0 spiro atoms. The van der Waals surface area contributed by atoms with E-state index in [4.69, 9.17) is 9.47 Å². The fraction of sp³-hybridized carbons (Fsp3) is 0.154. The van der Waals surface area contributed by atoms with E-state index in [-0.39, 0.29) is 12.4 Å². The van der Waals surface area contributed by atoms with Crippen LogP contribution in [0, 0.1) is 5.82 Å². The third-order valence-corrected chi connectivity index (χ3v) is 4.89. The van der Waals surface area contributed by atoms with Crippen LogP contribution < -0.4 is 4.74 Å². The SMILES string of the molecule is CCOC(=O)c1cn(Cc2ccc(OCc3ccccc3)cc2)nc1-c1ccc(F)cc1. The molecule has 0 amide bonds.